The minimum absolute atomic E-state index is 0.352. The second-order valence-electron chi connectivity index (χ2n) is 9.79. The van der Waals surface area contributed by atoms with Crippen molar-refractivity contribution in [1.29, 1.82) is 0 Å². The molecule has 6 aromatic carbocycles. The van der Waals surface area contributed by atoms with Crippen molar-refractivity contribution in [1.82, 2.24) is 0 Å². The van der Waals surface area contributed by atoms with E-state index in [1.165, 1.54) is 66.4 Å². The van der Waals surface area contributed by atoms with Crippen molar-refractivity contribution < 1.29 is 0 Å². The van der Waals surface area contributed by atoms with Gasteiger partial charge in [-0.05, 0) is 84.6 Å². The Kier molecular flexibility index (Phi) is 4.10. The van der Waals surface area contributed by atoms with Crippen molar-refractivity contribution in [3.8, 4) is 33.4 Å². The summed E-state index contributed by atoms with van der Waals surface area (Å²) >= 11 is 3.82. The largest absolute Gasteiger partial charge is 0.0726 e. The lowest BCUT2D eigenvalue weighted by Gasteiger charge is -2.31. The Morgan fingerprint density at radius 3 is 1.75 bits per heavy atom. The number of benzene rings is 6. The molecule has 0 aliphatic heterocycles. The van der Waals surface area contributed by atoms with Crippen LogP contribution in [0.2, 0.25) is 0 Å². The second-order valence-corrected chi connectivity index (χ2v) is 10.7. The molecule has 0 amide bonds. The summed E-state index contributed by atoms with van der Waals surface area (Å²) in [6.07, 6.45) is 0. The lowest BCUT2D eigenvalue weighted by Crippen LogP contribution is -2.26. The van der Waals surface area contributed by atoms with Gasteiger partial charge < -0.3 is 0 Å². The summed E-state index contributed by atoms with van der Waals surface area (Å²) in [5, 5.41) is 2.61. The number of halogens is 1. The Balaban J connectivity index is 1.63. The van der Waals surface area contributed by atoms with E-state index in [0.29, 0.717) is 0 Å². The summed E-state index contributed by atoms with van der Waals surface area (Å²) in [5.74, 6) is 0. The zero-order valence-corrected chi connectivity index (χ0v) is 21.1. The first kappa shape index (κ1) is 20.3. The molecule has 0 saturated carbocycles. The average molecular weight is 521 g/mol. The van der Waals surface area contributed by atoms with Crippen molar-refractivity contribution in [2.45, 2.75) is 5.41 Å². The van der Waals surface area contributed by atoms with E-state index in [0.717, 1.165) is 4.47 Å². The molecule has 36 heavy (non-hydrogen) atoms. The summed E-state index contributed by atoms with van der Waals surface area (Å²) < 4.78 is 1.11. The number of fused-ring (bicyclic) bond motifs is 12. The van der Waals surface area contributed by atoms with Crippen LogP contribution in [0.4, 0.5) is 0 Å². The van der Waals surface area contributed by atoms with Gasteiger partial charge in [0.05, 0.1) is 5.41 Å². The van der Waals surface area contributed by atoms with Gasteiger partial charge in [-0.15, -0.1) is 0 Å². The summed E-state index contributed by atoms with van der Waals surface area (Å²) in [6.45, 7) is 0. The standard InChI is InChI=1S/C35H21Br/c36-23-18-19-28-32(20-23)35(30-16-8-6-13-25(30)26-14-7-9-17-31(26)35)33-21-29(22-10-2-1-3-11-22)24-12-4-5-15-27(24)34(28)33/h1-21H. The Morgan fingerprint density at radius 1 is 0.417 bits per heavy atom. The first-order valence-corrected chi connectivity index (χ1v) is 13.2. The highest BCUT2D eigenvalue weighted by Crippen LogP contribution is 2.64. The Bertz CT molecular complexity index is 1800. The molecular weight excluding hydrogens is 500 g/mol. The maximum absolute atomic E-state index is 3.82. The number of hydrogen-bond acceptors (Lipinski definition) is 0. The van der Waals surface area contributed by atoms with Crippen LogP contribution in [0.15, 0.2) is 132 Å². The molecule has 6 aromatic rings. The van der Waals surface area contributed by atoms with E-state index in [9.17, 15) is 0 Å². The lowest BCUT2D eigenvalue weighted by atomic mass is 9.70. The van der Waals surface area contributed by atoms with Crippen molar-refractivity contribution in [3.05, 3.63) is 154 Å². The Hall–Kier alpha value is -3.94. The predicted molar refractivity (Wildman–Crippen MR) is 153 cm³/mol. The van der Waals surface area contributed by atoms with Gasteiger partial charge >= 0.3 is 0 Å². The van der Waals surface area contributed by atoms with E-state index in [1.54, 1.807) is 0 Å². The summed E-state index contributed by atoms with van der Waals surface area (Å²) in [6, 6.07) is 47.1. The Morgan fingerprint density at radius 2 is 1.03 bits per heavy atom. The number of rotatable bonds is 1. The molecule has 0 bridgehead atoms. The lowest BCUT2D eigenvalue weighted by molar-refractivity contribution is 0.794. The van der Waals surface area contributed by atoms with E-state index >= 15 is 0 Å². The van der Waals surface area contributed by atoms with Gasteiger partial charge in [-0.25, -0.2) is 0 Å². The molecule has 0 atom stereocenters. The molecular formula is C35H21Br. The second kappa shape index (κ2) is 7.29. The van der Waals surface area contributed by atoms with Gasteiger partial charge in [0.15, 0.2) is 0 Å². The monoisotopic (exact) mass is 520 g/mol. The van der Waals surface area contributed by atoms with Crippen LogP contribution in [0, 0.1) is 0 Å². The predicted octanol–water partition coefficient (Wildman–Crippen LogP) is 9.61. The van der Waals surface area contributed by atoms with Gasteiger partial charge in [-0.2, -0.15) is 0 Å². The molecule has 0 nitrogen and oxygen atoms in total. The van der Waals surface area contributed by atoms with Crippen molar-refractivity contribution >= 4 is 26.7 Å². The molecule has 1 heteroatoms. The molecule has 0 radical (unpaired) electrons. The minimum Gasteiger partial charge on any atom is -0.0622 e. The first-order valence-electron chi connectivity index (χ1n) is 12.4. The van der Waals surface area contributed by atoms with Crippen LogP contribution in [-0.4, -0.2) is 0 Å². The number of hydrogen-bond donors (Lipinski definition) is 0. The molecule has 168 valence electrons. The fourth-order valence-electron chi connectivity index (χ4n) is 6.82. The molecule has 8 rings (SSSR count). The summed E-state index contributed by atoms with van der Waals surface area (Å²) in [7, 11) is 0. The molecule has 1 spiro atoms. The minimum atomic E-state index is -0.352. The molecule has 0 saturated heterocycles. The van der Waals surface area contributed by atoms with E-state index < -0.39 is 0 Å². The summed E-state index contributed by atoms with van der Waals surface area (Å²) in [5.41, 5.74) is 13.0. The van der Waals surface area contributed by atoms with Gasteiger partial charge in [0, 0.05) is 4.47 Å². The normalized spacial score (nSPS) is 13.9. The molecule has 0 aromatic heterocycles. The summed E-state index contributed by atoms with van der Waals surface area (Å²) in [4.78, 5) is 0. The zero-order chi connectivity index (χ0) is 23.9. The highest BCUT2D eigenvalue weighted by molar-refractivity contribution is 9.10. The van der Waals surface area contributed by atoms with Crippen LogP contribution in [0.1, 0.15) is 22.3 Å². The van der Waals surface area contributed by atoms with Gasteiger partial charge in [0.25, 0.3) is 0 Å². The maximum Gasteiger partial charge on any atom is 0.0726 e. The van der Waals surface area contributed by atoms with E-state index in [2.05, 4.69) is 143 Å². The van der Waals surface area contributed by atoms with Crippen molar-refractivity contribution in [2.75, 3.05) is 0 Å². The Labute approximate surface area is 219 Å². The van der Waals surface area contributed by atoms with Crippen LogP contribution < -0.4 is 0 Å². The third kappa shape index (κ3) is 2.44. The third-order valence-corrected chi connectivity index (χ3v) is 8.63. The molecule has 0 unspecified atom stereocenters. The molecule has 2 aliphatic rings. The fraction of sp³-hybridized carbons (Fsp3) is 0.0286. The highest BCUT2D eigenvalue weighted by atomic mass is 79.9. The van der Waals surface area contributed by atoms with Crippen LogP contribution in [0.3, 0.4) is 0 Å². The van der Waals surface area contributed by atoms with Gasteiger partial charge in [0.2, 0.25) is 0 Å². The van der Waals surface area contributed by atoms with Crippen LogP contribution >= 0.6 is 15.9 Å². The topological polar surface area (TPSA) is 0 Å². The highest BCUT2D eigenvalue weighted by Gasteiger charge is 2.52. The van der Waals surface area contributed by atoms with Crippen LogP contribution in [0.25, 0.3) is 44.2 Å². The molecule has 0 N–H and O–H groups in total. The van der Waals surface area contributed by atoms with Crippen molar-refractivity contribution in [3.63, 3.8) is 0 Å². The van der Waals surface area contributed by atoms with Gasteiger partial charge in [-0.3, -0.25) is 0 Å². The molecule has 0 heterocycles. The first-order chi connectivity index (χ1) is 17.8. The van der Waals surface area contributed by atoms with E-state index in [-0.39, 0.29) is 5.41 Å². The third-order valence-electron chi connectivity index (χ3n) is 8.14. The average Bonchev–Trinajstić information content (AvgIpc) is 3.40. The van der Waals surface area contributed by atoms with E-state index in [1.807, 2.05) is 0 Å². The van der Waals surface area contributed by atoms with Crippen molar-refractivity contribution in [2.24, 2.45) is 0 Å². The van der Waals surface area contributed by atoms with Gasteiger partial charge in [0.1, 0.15) is 0 Å². The maximum atomic E-state index is 3.82. The SMILES string of the molecule is Brc1ccc2c(c1)C1(c3ccccc3-c3ccccc31)c1cc(-c3ccccc3)c3ccccc3c1-2. The van der Waals surface area contributed by atoms with Crippen LogP contribution in [0.5, 0.6) is 0 Å². The molecule has 0 fully saturated rings. The quantitative estimate of drug-likeness (QED) is 0.202. The van der Waals surface area contributed by atoms with Gasteiger partial charge in [-0.1, -0.05) is 125 Å². The zero-order valence-electron chi connectivity index (χ0n) is 19.5. The smallest absolute Gasteiger partial charge is 0.0622 e. The van der Waals surface area contributed by atoms with Crippen LogP contribution in [-0.2, 0) is 5.41 Å². The fourth-order valence-corrected chi connectivity index (χ4v) is 7.18. The van der Waals surface area contributed by atoms with E-state index in [4.69, 9.17) is 0 Å². The molecule has 2 aliphatic carbocycles.